The minimum absolute atomic E-state index is 0. The molecule has 0 aliphatic carbocycles. The fraction of sp³-hybridized carbons (Fsp3) is 0.667. The van der Waals surface area contributed by atoms with Crippen LogP contribution in [-0.2, 0) is 11.3 Å². The molecule has 0 bridgehead atoms. The van der Waals surface area contributed by atoms with Crippen LogP contribution in [0, 0.1) is 5.41 Å². The van der Waals surface area contributed by atoms with Crippen molar-refractivity contribution in [1.82, 2.24) is 10.2 Å². The summed E-state index contributed by atoms with van der Waals surface area (Å²) in [6, 6.07) is 4.17. The zero-order valence-electron chi connectivity index (χ0n) is 13.0. The van der Waals surface area contributed by atoms with Crippen molar-refractivity contribution >= 4 is 29.7 Å². The molecule has 2 rings (SSSR count). The van der Waals surface area contributed by atoms with E-state index >= 15 is 0 Å². The maximum Gasteiger partial charge on any atom is 0.237 e. The second-order valence-electron chi connectivity index (χ2n) is 6.33. The molecule has 1 amide bonds. The molecule has 1 aliphatic rings. The van der Waals surface area contributed by atoms with Gasteiger partial charge in [0.15, 0.2) is 0 Å². The number of hydrogen-bond donors (Lipinski definition) is 2. The number of rotatable bonds is 4. The van der Waals surface area contributed by atoms with Crippen LogP contribution in [0.4, 0.5) is 0 Å². The summed E-state index contributed by atoms with van der Waals surface area (Å²) in [5.41, 5.74) is 6.22. The van der Waals surface area contributed by atoms with E-state index in [2.05, 4.69) is 24.1 Å². The number of nitrogens with zero attached hydrogens (tertiary/aromatic N) is 1. The van der Waals surface area contributed by atoms with Gasteiger partial charge in [-0.05, 0) is 30.2 Å². The van der Waals surface area contributed by atoms with Gasteiger partial charge in [-0.3, -0.25) is 9.69 Å². The van der Waals surface area contributed by atoms with Crippen molar-refractivity contribution < 1.29 is 4.79 Å². The molecule has 1 saturated heterocycles. The highest BCUT2D eigenvalue weighted by molar-refractivity contribution is 7.09. The highest BCUT2D eigenvalue weighted by Crippen LogP contribution is 2.28. The molecule has 3 N–H and O–H groups in total. The van der Waals surface area contributed by atoms with Crippen molar-refractivity contribution in [2.45, 2.75) is 45.8 Å². The molecule has 21 heavy (non-hydrogen) atoms. The van der Waals surface area contributed by atoms with E-state index in [0.717, 1.165) is 19.5 Å². The van der Waals surface area contributed by atoms with Crippen LogP contribution in [-0.4, -0.2) is 36.0 Å². The second-order valence-corrected chi connectivity index (χ2v) is 7.36. The Bertz CT molecular complexity index is 450. The number of nitrogens with two attached hydrogens (primary N) is 1. The van der Waals surface area contributed by atoms with Crippen molar-refractivity contribution in [2.24, 2.45) is 11.1 Å². The summed E-state index contributed by atoms with van der Waals surface area (Å²) in [5.74, 6) is 0.102. The third kappa shape index (κ3) is 4.68. The van der Waals surface area contributed by atoms with Crippen LogP contribution in [0.5, 0.6) is 0 Å². The Morgan fingerprint density at radius 2 is 2.33 bits per heavy atom. The van der Waals surface area contributed by atoms with Gasteiger partial charge in [0, 0.05) is 24.0 Å². The summed E-state index contributed by atoms with van der Waals surface area (Å²) in [4.78, 5) is 15.7. The van der Waals surface area contributed by atoms with E-state index in [4.69, 9.17) is 5.73 Å². The molecule has 2 heterocycles. The van der Waals surface area contributed by atoms with E-state index < -0.39 is 0 Å². The number of carbonyl (C=O) groups is 1. The highest BCUT2D eigenvalue weighted by Gasteiger charge is 2.36. The van der Waals surface area contributed by atoms with E-state index in [9.17, 15) is 4.79 Å². The van der Waals surface area contributed by atoms with Crippen LogP contribution in [0.25, 0.3) is 0 Å². The Labute approximate surface area is 137 Å². The summed E-state index contributed by atoms with van der Waals surface area (Å²) in [5, 5.41) is 5.05. The molecule has 0 aromatic carbocycles. The first kappa shape index (κ1) is 18.4. The third-order valence-electron chi connectivity index (χ3n) is 4.29. The van der Waals surface area contributed by atoms with Gasteiger partial charge in [0.2, 0.25) is 5.91 Å². The van der Waals surface area contributed by atoms with Crippen LogP contribution in [0.1, 0.15) is 32.1 Å². The van der Waals surface area contributed by atoms with Crippen molar-refractivity contribution in [3.05, 3.63) is 22.4 Å². The highest BCUT2D eigenvalue weighted by atomic mass is 35.5. The average Bonchev–Trinajstić information content (AvgIpc) is 2.91. The lowest BCUT2D eigenvalue weighted by Crippen LogP contribution is -2.57. The smallest absolute Gasteiger partial charge is 0.237 e. The zero-order chi connectivity index (χ0) is 14.8. The first-order valence-corrected chi connectivity index (χ1v) is 8.08. The lowest BCUT2D eigenvalue weighted by molar-refractivity contribution is -0.127. The standard InChI is InChI=1S/C15H25N3OS.ClH/c1-11(14(19)17-9-12-5-4-8-20-12)18-7-6-13(16)15(2,3)10-18;/h4-5,8,11,13H,6-7,9-10,16H2,1-3H3,(H,17,19);1H. The molecular formula is C15H26ClN3OS. The molecule has 1 fully saturated rings. The van der Waals surface area contributed by atoms with Crippen molar-refractivity contribution in [3.63, 3.8) is 0 Å². The number of halogens is 1. The van der Waals surface area contributed by atoms with Gasteiger partial charge in [-0.2, -0.15) is 0 Å². The second kappa shape index (κ2) is 7.58. The summed E-state index contributed by atoms with van der Waals surface area (Å²) in [7, 11) is 0. The lowest BCUT2D eigenvalue weighted by Gasteiger charge is -2.44. The summed E-state index contributed by atoms with van der Waals surface area (Å²) in [6.45, 7) is 8.74. The van der Waals surface area contributed by atoms with Crippen LogP contribution in [0.3, 0.4) is 0 Å². The molecule has 0 saturated carbocycles. The third-order valence-corrected chi connectivity index (χ3v) is 5.16. The van der Waals surface area contributed by atoms with Crippen molar-refractivity contribution in [2.75, 3.05) is 13.1 Å². The van der Waals surface area contributed by atoms with Crippen LogP contribution in [0.2, 0.25) is 0 Å². The Balaban J connectivity index is 0.00000220. The van der Waals surface area contributed by atoms with E-state index in [-0.39, 0.29) is 35.8 Å². The molecule has 6 heteroatoms. The van der Waals surface area contributed by atoms with Crippen LogP contribution < -0.4 is 11.1 Å². The molecule has 1 aromatic rings. The molecule has 120 valence electrons. The largest absolute Gasteiger partial charge is 0.350 e. The Kier molecular flexibility index (Phi) is 6.66. The fourth-order valence-corrected chi connectivity index (χ4v) is 3.29. The average molecular weight is 332 g/mol. The molecule has 0 radical (unpaired) electrons. The Hall–Kier alpha value is -0.620. The van der Waals surface area contributed by atoms with Gasteiger partial charge >= 0.3 is 0 Å². The first-order valence-electron chi connectivity index (χ1n) is 7.20. The number of nitrogens with one attached hydrogen (secondary N) is 1. The molecule has 2 unspecified atom stereocenters. The maximum absolute atomic E-state index is 12.3. The minimum Gasteiger partial charge on any atom is -0.350 e. The Morgan fingerprint density at radius 1 is 1.62 bits per heavy atom. The molecule has 1 aliphatic heterocycles. The SMILES string of the molecule is CC(C(=O)NCc1cccs1)N1CCC(N)C(C)(C)C1.Cl. The van der Waals surface area contributed by atoms with Crippen molar-refractivity contribution in [1.29, 1.82) is 0 Å². The zero-order valence-corrected chi connectivity index (χ0v) is 14.6. The van der Waals surface area contributed by atoms with Crippen molar-refractivity contribution in [3.8, 4) is 0 Å². The lowest BCUT2D eigenvalue weighted by atomic mass is 9.79. The van der Waals surface area contributed by atoms with Crippen LogP contribution >= 0.6 is 23.7 Å². The van der Waals surface area contributed by atoms with Gasteiger partial charge in [0.05, 0.1) is 12.6 Å². The number of thiophene rings is 1. The Morgan fingerprint density at radius 3 is 2.90 bits per heavy atom. The quantitative estimate of drug-likeness (QED) is 0.889. The van der Waals surface area contributed by atoms with Crippen LogP contribution in [0.15, 0.2) is 17.5 Å². The normalized spacial score (nSPS) is 23.1. The fourth-order valence-electron chi connectivity index (χ4n) is 2.65. The van der Waals surface area contributed by atoms with E-state index in [0.29, 0.717) is 6.54 Å². The first-order chi connectivity index (χ1) is 9.40. The van der Waals surface area contributed by atoms with Gasteiger partial charge in [-0.25, -0.2) is 0 Å². The monoisotopic (exact) mass is 331 g/mol. The molecule has 4 nitrogen and oxygen atoms in total. The summed E-state index contributed by atoms with van der Waals surface area (Å²) >= 11 is 1.67. The van der Waals surface area contributed by atoms with E-state index in [1.807, 2.05) is 24.4 Å². The number of piperidine rings is 1. The maximum atomic E-state index is 12.3. The van der Waals surface area contributed by atoms with E-state index in [1.165, 1.54) is 4.88 Å². The number of amides is 1. The van der Waals surface area contributed by atoms with E-state index in [1.54, 1.807) is 11.3 Å². The molecule has 0 spiro atoms. The van der Waals surface area contributed by atoms with Gasteiger partial charge < -0.3 is 11.1 Å². The number of carbonyl (C=O) groups excluding carboxylic acids is 1. The molecule has 1 aromatic heterocycles. The van der Waals surface area contributed by atoms with Gasteiger partial charge in [-0.1, -0.05) is 19.9 Å². The molecular weight excluding hydrogens is 306 g/mol. The van der Waals surface area contributed by atoms with Gasteiger partial charge in [-0.15, -0.1) is 23.7 Å². The number of hydrogen-bond acceptors (Lipinski definition) is 4. The predicted octanol–water partition coefficient (Wildman–Crippen LogP) is 2.23. The summed E-state index contributed by atoms with van der Waals surface area (Å²) in [6.07, 6.45) is 0.954. The molecule has 2 atom stereocenters. The summed E-state index contributed by atoms with van der Waals surface area (Å²) < 4.78 is 0. The van der Waals surface area contributed by atoms with Gasteiger partial charge in [0.25, 0.3) is 0 Å². The predicted molar refractivity (Wildman–Crippen MR) is 90.8 cm³/mol. The van der Waals surface area contributed by atoms with Gasteiger partial charge in [0.1, 0.15) is 0 Å². The number of likely N-dealkylation sites (tertiary alicyclic amines) is 1. The topological polar surface area (TPSA) is 58.4 Å². The minimum atomic E-state index is -0.0956.